The Kier molecular flexibility index (Phi) is 3.36. The van der Waals surface area contributed by atoms with E-state index in [-0.39, 0.29) is 11.3 Å². The fraction of sp³-hybridized carbons (Fsp3) is 0.294. The average molecular weight is 269 g/mol. The highest BCUT2D eigenvalue weighted by Crippen LogP contribution is 2.43. The Morgan fingerprint density at radius 2 is 1.85 bits per heavy atom. The summed E-state index contributed by atoms with van der Waals surface area (Å²) in [7, 11) is 0. The van der Waals surface area contributed by atoms with Gasteiger partial charge in [-0.15, -0.1) is 0 Å². The Bertz CT molecular complexity index is 591. The van der Waals surface area contributed by atoms with Crippen molar-refractivity contribution < 1.29 is 9.84 Å². The summed E-state index contributed by atoms with van der Waals surface area (Å²) in [6.45, 7) is 0.493. The third kappa shape index (κ3) is 2.49. The highest BCUT2D eigenvalue weighted by molar-refractivity contribution is 5.44. The largest absolute Gasteiger partial charge is 0.507 e. The molecule has 0 unspecified atom stereocenters. The Morgan fingerprint density at radius 1 is 1.10 bits per heavy atom. The molecule has 1 saturated carbocycles. The van der Waals surface area contributed by atoms with E-state index >= 15 is 0 Å². The van der Waals surface area contributed by atoms with E-state index in [0.29, 0.717) is 12.4 Å². The van der Waals surface area contributed by atoms with Gasteiger partial charge < -0.3 is 15.6 Å². The lowest BCUT2D eigenvalue weighted by atomic mass is 9.72. The second-order valence-corrected chi connectivity index (χ2v) is 5.46. The first-order chi connectivity index (χ1) is 9.67. The number of aromatic hydroxyl groups is 1. The van der Waals surface area contributed by atoms with Crippen molar-refractivity contribution in [3.8, 4) is 11.5 Å². The second-order valence-electron chi connectivity index (χ2n) is 5.46. The maximum atomic E-state index is 10.1. The molecular formula is C17H19NO2. The highest BCUT2D eigenvalue weighted by atomic mass is 16.5. The molecule has 0 saturated heterocycles. The minimum absolute atomic E-state index is 0.234. The molecule has 2 aromatic carbocycles. The Morgan fingerprint density at radius 3 is 2.45 bits per heavy atom. The standard InChI is InChI=1S/C17H19NO2/c18-17(9-4-10-17)15-8-7-14(11-16(15)19)20-12-13-5-2-1-3-6-13/h1-3,5-8,11,19H,4,9-10,12,18H2. The van der Waals surface area contributed by atoms with Crippen LogP contribution < -0.4 is 10.5 Å². The summed E-state index contributed by atoms with van der Waals surface area (Å²) in [5, 5.41) is 10.1. The first-order valence-electron chi connectivity index (χ1n) is 6.96. The van der Waals surface area contributed by atoms with Crippen LogP contribution in [0.4, 0.5) is 0 Å². The van der Waals surface area contributed by atoms with Crippen LogP contribution in [0.25, 0.3) is 0 Å². The first kappa shape index (κ1) is 13.0. The molecule has 3 rings (SSSR count). The summed E-state index contributed by atoms with van der Waals surface area (Å²) in [6, 6.07) is 15.4. The van der Waals surface area contributed by atoms with Crippen LogP contribution in [0.1, 0.15) is 30.4 Å². The van der Waals surface area contributed by atoms with Crippen LogP contribution in [0.5, 0.6) is 11.5 Å². The third-order valence-electron chi connectivity index (χ3n) is 4.00. The van der Waals surface area contributed by atoms with Gasteiger partial charge in [0, 0.05) is 17.2 Å². The molecular weight excluding hydrogens is 250 g/mol. The van der Waals surface area contributed by atoms with Gasteiger partial charge in [0.25, 0.3) is 0 Å². The third-order valence-corrected chi connectivity index (χ3v) is 4.00. The van der Waals surface area contributed by atoms with Crippen molar-refractivity contribution >= 4 is 0 Å². The van der Waals surface area contributed by atoms with Crippen molar-refractivity contribution in [3.63, 3.8) is 0 Å². The zero-order chi connectivity index (χ0) is 14.0. The normalized spacial score (nSPS) is 16.4. The molecule has 0 aromatic heterocycles. The van der Waals surface area contributed by atoms with Gasteiger partial charge in [0.05, 0.1) is 0 Å². The number of phenols is 1. The fourth-order valence-electron chi connectivity index (χ4n) is 2.59. The number of nitrogens with two attached hydrogens (primary N) is 1. The molecule has 20 heavy (non-hydrogen) atoms. The minimum Gasteiger partial charge on any atom is -0.507 e. The summed E-state index contributed by atoms with van der Waals surface area (Å²) in [6.07, 6.45) is 3.00. The molecule has 3 N–H and O–H groups in total. The van der Waals surface area contributed by atoms with E-state index in [4.69, 9.17) is 10.5 Å². The van der Waals surface area contributed by atoms with E-state index in [9.17, 15) is 5.11 Å². The van der Waals surface area contributed by atoms with E-state index < -0.39 is 0 Å². The maximum absolute atomic E-state index is 10.1. The maximum Gasteiger partial charge on any atom is 0.124 e. The molecule has 0 heterocycles. The monoisotopic (exact) mass is 269 g/mol. The number of ether oxygens (including phenoxy) is 1. The van der Waals surface area contributed by atoms with Crippen molar-refractivity contribution in [2.45, 2.75) is 31.4 Å². The molecule has 0 amide bonds. The van der Waals surface area contributed by atoms with E-state index in [0.717, 1.165) is 30.4 Å². The van der Waals surface area contributed by atoms with E-state index in [1.165, 1.54) is 0 Å². The predicted octanol–water partition coefficient (Wildman–Crippen LogP) is 3.31. The van der Waals surface area contributed by atoms with E-state index in [1.54, 1.807) is 6.07 Å². The Hall–Kier alpha value is -2.00. The van der Waals surface area contributed by atoms with Crippen LogP contribution in [0, 0.1) is 0 Å². The van der Waals surface area contributed by atoms with Crippen LogP contribution >= 0.6 is 0 Å². The van der Waals surface area contributed by atoms with Gasteiger partial charge in [-0.2, -0.15) is 0 Å². The van der Waals surface area contributed by atoms with Gasteiger partial charge >= 0.3 is 0 Å². The molecule has 3 heteroatoms. The number of benzene rings is 2. The second kappa shape index (κ2) is 5.17. The molecule has 0 atom stereocenters. The Balaban J connectivity index is 1.71. The Labute approximate surface area is 119 Å². The number of hydrogen-bond donors (Lipinski definition) is 2. The van der Waals surface area contributed by atoms with Gasteiger partial charge in [0.2, 0.25) is 0 Å². The lowest BCUT2D eigenvalue weighted by molar-refractivity contribution is 0.244. The van der Waals surface area contributed by atoms with Crippen molar-refractivity contribution in [1.82, 2.24) is 0 Å². The molecule has 2 aromatic rings. The van der Waals surface area contributed by atoms with Crippen LogP contribution in [0.15, 0.2) is 48.5 Å². The lowest BCUT2D eigenvalue weighted by Crippen LogP contribution is -2.43. The summed E-state index contributed by atoms with van der Waals surface area (Å²) in [4.78, 5) is 0. The molecule has 3 nitrogen and oxygen atoms in total. The number of rotatable bonds is 4. The molecule has 0 bridgehead atoms. The summed E-state index contributed by atoms with van der Waals surface area (Å²) < 4.78 is 5.69. The van der Waals surface area contributed by atoms with E-state index in [2.05, 4.69) is 0 Å². The summed E-state index contributed by atoms with van der Waals surface area (Å²) in [5.74, 6) is 0.899. The molecule has 1 fully saturated rings. The van der Waals surface area contributed by atoms with Gasteiger partial charge in [-0.1, -0.05) is 30.3 Å². The van der Waals surface area contributed by atoms with Gasteiger partial charge in [0.15, 0.2) is 0 Å². The summed E-state index contributed by atoms with van der Waals surface area (Å²) >= 11 is 0. The molecule has 0 spiro atoms. The topological polar surface area (TPSA) is 55.5 Å². The first-order valence-corrected chi connectivity index (χ1v) is 6.96. The zero-order valence-corrected chi connectivity index (χ0v) is 11.4. The molecule has 1 aliphatic carbocycles. The van der Waals surface area contributed by atoms with Gasteiger partial charge in [-0.3, -0.25) is 0 Å². The quantitative estimate of drug-likeness (QED) is 0.895. The highest BCUT2D eigenvalue weighted by Gasteiger charge is 2.36. The molecule has 104 valence electrons. The predicted molar refractivity (Wildman–Crippen MR) is 78.6 cm³/mol. The lowest BCUT2D eigenvalue weighted by Gasteiger charge is -2.38. The minimum atomic E-state index is -0.345. The van der Waals surface area contributed by atoms with Crippen molar-refractivity contribution in [2.75, 3.05) is 0 Å². The van der Waals surface area contributed by atoms with Crippen LogP contribution in [0.2, 0.25) is 0 Å². The molecule has 1 aliphatic rings. The zero-order valence-electron chi connectivity index (χ0n) is 11.4. The molecule has 0 aliphatic heterocycles. The number of hydrogen-bond acceptors (Lipinski definition) is 3. The van der Waals surface area contributed by atoms with Gasteiger partial charge in [-0.05, 0) is 37.0 Å². The van der Waals surface area contributed by atoms with E-state index in [1.807, 2.05) is 42.5 Å². The van der Waals surface area contributed by atoms with Crippen molar-refractivity contribution in [3.05, 3.63) is 59.7 Å². The SMILES string of the molecule is NC1(c2ccc(OCc3ccccc3)cc2O)CCC1. The fourth-order valence-corrected chi connectivity index (χ4v) is 2.59. The van der Waals surface area contributed by atoms with Crippen LogP contribution in [-0.2, 0) is 12.1 Å². The molecule has 0 radical (unpaired) electrons. The summed E-state index contributed by atoms with van der Waals surface area (Å²) in [5.41, 5.74) is 7.83. The van der Waals surface area contributed by atoms with Crippen LogP contribution in [0.3, 0.4) is 0 Å². The average Bonchev–Trinajstić information content (AvgIpc) is 2.44. The van der Waals surface area contributed by atoms with Gasteiger partial charge in [-0.25, -0.2) is 0 Å². The van der Waals surface area contributed by atoms with Gasteiger partial charge in [0.1, 0.15) is 18.1 Å². The van der Waals surface area contributed by atoms with Crippen molar-refractivity contribution in [2.24, 2.45) is 5.73 Å². The number of phenolic OH excluding ortho intramolecular Hbond substituents is 1. The smallest absolute Gasteiger partial charge is 0.124 e. The van der Waals surface area contributed by atoms with Crippen molar-refractivity contribution in [1.29, 1.82) is 0 Å². The van der Waals surface area contributed by atoms with Crippen LogP contribution in [-0.4, -0.2) is 5.11 Å².